The van der Waals surface area contributed by atoms with E-state index < -0.39 is 0 Å². The fraction of sp³-hybridized carbons (Fsp3) is 0.188. The van der Waals surface area contributed by atoms with E-state index in [-0.39, 0.29) is 11.9 Å². The van der Waals surface area contributed by atoms with E-state index in [0.29, 0.717) is 0 Å². The van der Waals surface area contributed by atoms with Crippen molar-refractivity contribution < 1.29 is 4.79 Å². The fourth-order valence-corrected chi connectivity index (χ4v) is 2.87. The van der Waals surface area contributed by atoms with Gasteiger partial charge in [0.05, 0.1) is 11.4 Å². The van der Waals surface area contributed by atoms with E-state index in [4.69, 9.17) is 0 Å². The third kappa shape index (κ3) is 2.95. The van der Waals surface area contributed by atoms with E-state index in [0.717, 1.165) is 27.8 Å². The second kappa shape index (κ2) is 5.83. The van der Waals surface area contributed by atoms with Gasteiger partial charge in [0.25, 0.3) is 0 Å². The van der Waals surface area contributed by atoms with Crippen LogP contribution in [-0.4, -0.2) is 11.9 Å². The van der Waals surface area contributed by atoms with Crippen LogP contribution in [0, 0.1) is 3.57 Å². The predicted molar refractivity (Wildman–Crippen MR) is 90.0 cm³/mol. The molecule has 0 fully saturated rings. The van der Waals surface area contributed by atoms with Crippen LogP contribution in [-0.2, 0) is 11.2 Å². The number of carbonyl (C=O) groups is 1. The maximum Gasteiger partial charge on any atom is 0.246 e. The van der Waals surface area contributed by atoms with Crippen LogP contribution in [0.5, 0.6) is 0 Å². The van der Waals surface area contributed by atoms with Crippen molar-refractivity contribution in [3.05, 3.63) is 57.7 Å². The minimum absolute atomic E-state index is 0.0513. The van der Waals surface area contributed by atoms with Crippen molar-refractivity contribution in [1.82, 2.24) is 0 Å². The van der Waals surface area contributed by atoms with E-state index in [9.17, 15) is 4.79 Å². The van der Waals surface area contributed by atoms with Gasteiger partial charge in [0.2, 0.25) is 5.91 Å². The molecule has 2 aromatic carbocycles. The molecule has 1 atom stereocenters. The second-order valence-corrected chi connectivity index (χ2v) is 6.15. The van der Waals surface area contributed by atoms with Crippen LogP contribution in [0.25, 0.3) is 0 Å². The quantitative estimate of drug-likeness (QED) is 0.801. The van der Waals surface area contributed by atoms with Gasteiger partial charge in [-0.3, -0.25) is 4.79 Å². The lowest BCUT2D eigenvalue weighted by atomic mass is 10.0. The van der Waals surface area contributed by atoms with Gasteiger partial charge >= 0.3 is 0 Å². The molecule has 0 bridgehead atoms. The summed E-state index contributed by atoms with van der Waals surface area (Å²) < 4.78 is 1.12. The molecule has 102 valence electrons. The number of carbonyl (C=O) groups excluding carboxylic acids is 1. The summed E-state index contributed by atoms with van der Waals surface area (Å²) in [7, 11) is 0. The van der Waals surface area contributed by atoms with Gasteiger partial charge < -0.3 is 10.6 Å². The van der Waals surface area contributed by atoms with E-state index in [2.05, 4.69) is 45.4 Å². The van der Waals surface area contributed by atoms with Crippen LogP contribution in [0.4, 0.5) is 11.4 Å². The zero-order valence-corrected chi connectivity index (χ0v) is 13.1. The van der Waals surface area contributed by atoms with Crippen molar-refractivity contribution >= 4 is 39.9 Å². The Hall–Kier alpha value is -1.56. The lowest BCUT2D eigenvalue weighted by Crippen LogP contribution is -2.39. The van der Waals surface area contributed by atoms with Gasteiger partial charge in [-0.25, -0.2) is 0 Å². The summed E-state index contributed by atoms with van der Waals surface area (Å²) >= 11 is 2.24. The molecule has 1 aliphatic heterocycles. The zero-order chi connectivity index (χ0) is 13.9. The normalized spacial score (nSPS) is 17.1. The molecular formula is C16H15IN2O. The summed E-state index contributed by atoms with van der Waals surface area (Å²) in [5.41, 5.74) is 3.14. The Balaban J connectivity index is 1.70. The topological polar surface area (TPSA) is 41.1 Å². The highest BCUT2D eigenvalue weighted by molar-refractivity contribution is 14.1. The lowest BCUT2D eigenvalue weighted by molar-refractivity contribution is -0.117. The van der Waals surface area contributed by atoms with E-state index in [1.165, 1.54) is 5.56 Å². The number of hydrogen-bond acceptors (Lipinski definition) is 2. The average Bonchev–Trinajstić information content (AvgIpc) is 2.46. The molecule has 1 unspecified atom stereocenters. The van der Waals surface area contributed by atoms with Crippen LogP contribution in [0.3, 0.4) is 0 Å². The zero-order valence-electron chi connectivity index (χ0n) is 10.9. The van der Waals surface area contributed by atoms with Crippen LogP contribution in [0.1, 0.15) is 12.0 Å². The average molecular weight is 378 g/mol. The molecule has 0 aromatic heterocycles. The SMILES string of the molecule is O=C1Nc2cc(I)ccc2NC1CCc1ccccc1. The molecule has 4 heteroatoms. The Morgan fingerprint density at radius 2 is 1.85 bits per heavy atom. The van der Waals surface area contributed by atoms with Crippen molar-refractivity contribution in [2.75, 3.05) is 10.6 Å². The summed E-state index contributed by atoms with van der Waals surface area (Å²) in [5.74, 6) is 0.0513. The molecule has 3 rings (SSSR count). The molecular weight excluding hydrogens is 363 g/mol. The number of rotatable bonds is 3. The Kier molecular flexibility index (Phi) is 3.91. The Bertz CT molecular complexity index is 628. The summed E-state index contributed by atoms with van der Waals surface area (Å²) in [6, 6.07) is 16.1. The van der Waals surface area contributed by atoms with Crippen molar-refractivity contribution in [3.63, 3.8) is 0 Å². The van der Waals surface area contributed by atoms with Crippen LogP contribution < -0.4 is 10.6 Å². The number of halogens is 1. The monoisotopic (exact) mass is 378 g/mol. The maximum atomic E-state index is 12.1. The van der Waals surface area contributed by atoms with Gasteiger partial charge in [0.15, 0.2) is 0 Å². The van der Waals surface area contributed by atoms with Gasteiger partial charge in [0.1, 0.15) is 6.04 Å². The highest BCUT2D eigenvalue weighted by Gasteiger charge is 2.24. The molecule has 2 N–H and O–H groups in total. The smallest absolute Gasteiger partial charge is 0.246 e. The molecule has 0 saturated heterocycles. The van der Waals surface area contributed by atoms with Crippen molar-refractivity contribution in [2.45, 2.75) is 18.9 Å². The van der Waals surface area contributed by atoms with Crippen molar-refractivity contribution in [1.29, 1.82) is 0 Å². The molecule has 1 aliphatic rings. The first kappa shape index (κ1) is 13.4. The van der Waals surface area contributed by atoms with Gasteiger partial charge in [0, 0.05) is 3.57 Å². The third-order valence-electron chi connectivity index (χ3n) is 3.45. The Labute approximate surface area is 131 Å². The lowest BCUT2D eigenvalue weighted by Gasteiger charge is -2.27. The summed E-state index contributed by atoms with van der Waals surface area (Å²) in [5, 5.41) is 6.31. The maximum absolute atomic E-state index is 12.1. The minimum atomic E-state index is -0.164. The first-order valence-electron chi connectivity index (χ1n) is 6.63. The highest BCUT2D eigenvalue weighted by Crippen LogP contribution is 2.29. The van der Waals surface area contributed by atoms with Crippen LogP contribution in [0.2, 0.25) is 0 Å². The first-order chi connectivity index (χ1) is 9.72. The van der Waals surface area contributed by atoms with Gasteiger partial charge in [-0.1, -0.05) is 30.3 Å². The van der Waals surface area contributed by atoms with Gasteiger partial charge in [-0.2, -0.15) is 0 Å². The van der Waals surface area contributed by atoms with Crippen molar-refractivity contribution in [3.8, 4) is 0 Å². The molecule has 1 amide bonds. The van der Waals surface area contributed by atoms with Crippen molar-refractivity contribution in [2.24, 2.45) is 0 Å². The van der Waals surface area contributed by atoms with Crippen LogP contribution >= 0.6 is 22.6 Å². The van der Waals surface area contributed by atoms with E-state index in [1.54, 1.807) is 0 Å². The number of anilines is 2. The molecule has 0 radical (unpaired) electrons. The van der Waals surface area contributed by atoms with Gasteiger partial charge in [-0.15, -0.1) is 0 Å². The summed E-state index contributed by atoms with van der Waals surface area (Å²) in [6.07, 6.45) is 1.69. The number of aryl methyl sites for hydroxylation is 1. The summed E-state index contributed by atoms with van der Waals surface area (Å²) in [6.45, 7) is 0. The highest BCUT2D eigenvalue weighted by atomic mass is 127. The molecule has 0 spiro atoms. The number of hydrogen-bond donors (Lipinski definition) is 2. The van der Waals surface area contributed by atoms with E-state index in [1.807, 2.05) is 36.4 Å². The third-order valence-corrected chi connectivity index (χ3v) is 4.12. The van der Waals surface area contributed by atoms with Crippen LogP contribution in [0.15, 0.2) is 48.5 Å². The summed E-state index contributed by atoms with van der Waals surface area (Å²) in [4.78, 5) is 12.1. The number of benzene rings is 2. The molecule has 0 aliphatic carbocycles. The predicted octanol–water partition coefficient (Wildman–Crippen LogP) is 3.66. The molecule has 0 saturated carbocycles. The standard InChI is InChI=1S/C16H15IN2O/c17-12-7-9-13-15(10-12)19-16(20)14(18-13)8-6-11-4-2-1-3-5-11/h1-5,7,9-10,14,18H,6,8H2,(H,19,20). The second-order valence-electron chi connectivity index (χ2n) is 4.90. The number of fused-ring (bicyclic) bond motifs is 1. The molecule has 1 heterocycles. The number of nitrogens with one attached hydrogen (secondary N) is 2. The largest absolute Gasteiger partial charge is 0.372 e. The van der Waals surface area contributed by atoms with E-state index >= 15 is 0 Å². The Morgan fingerprint density at radius 3 is 2.65 bits per heavy atom. The molecule has 2 aromatic rings. The Morgan fingerprint density at radius 1 is 1.05 bits per heavy atom. The minimum Gasteiger partial charge on any atom is -0.372 e. The fourth-order valence-electron chi connectivity index (χ4n) is 2.38. The molecule has 3 nitrogen and oxygen atoms in total. The number of amides is 1. The molecule has 20 heavy (non-hydrogen) atoms. The first-order valence-corrected chi connectivity index (χ1v) is 7.71. The van der Waals surface area contributed by atoms with Gasteiger partial charge in [-0.05, 0) is 59.2 Å².